The van der Waals surface area contributed by atoms with Gasteiger partial charge in [0.15, 0.2) is 11.5 Å². The van der Waals surface area contributed by atoms with E-state index in [9.17, 15) is 4.79 Å². The fraction of sp³-hybridized carbons (Fsp3) is 0. The van der Waals surface area contributed by atoms with Gasteiger partial charge in [0.2, 0.25) is 0 Å². The summed E-state index contributed by atoms with van der Waals surface area (Å²) < 4.78 is 0. The van der Waals surface area contributed by atoms with Crippen LogP contribution in [0.1, 0.15) is 11.9 Å². The number of H-pyrrole nitrogens is 1. The quantitative estimate of drug-likeness (QED) is 0.413. The molecule has 0 atom stereocenters. The molecule has 3 rings (SSSR count). The maximum Gasteiger partial charge on any atom is 1.00 e. The number of imidazole rings is 1. The van der Waals surface area contributed by atoms with Crippen LogP contribution in [0.15, 0.2) is 37.1 Å². The molecule has 0 fully saturated rings. The molecule has 8 nitrogen and oxygen atoms in total. The largest absolute Gasteiger partial charge is 1.00 e. The second-order valence-corrected chi connectivity index (χ2v) is 3.44. The molecule has 0 saturated carbocycles. The number of carbonyl (C=O) groups excluding carboxylic acids is 1. The van der Waals surface area contributed by atoms with E-state index in [0.717, 1.165) is 0 Å². The van der Waals surface area contributed by atoms with Gasteiger partial charge in [0, 0.05) is 6.20 Å². The van der Waals surface area contributed by atoms with E-state index in [0.29, 0.717) is 22.7 Å². The fourth-order valence-corrected chi connectivity index (χ4v) is 1.29. The zero-order valence-electron chi connectivity index (χ0n) is 11.8. The zero-order chi connectivity index (χ0) is 13.7. The third-order valence-electron chi connectivity index (χ3n) is 2.17. The van der Waals surface area contributed by atoms with E-state index in [2.05, 4.69) is 24.9 Å². The Morgan fingerprint density at radius 3 is 2.55 bits per heavy atom. The SMILES string of the molecule is NC(=O)c1ccccn1.Nc1ncnc2nc[nH]c12.[H-].[Na+]. The van der Waals surface area contributed by atoms with Gasteiger partial charge in [0.05, 0.1) is 6.33 Å². The molecule has 9 heteroatoms. The number of nitrogens with one attached hydrogen (secondary N) is 1. The van der Waals surface area contributed by atoms with Crippen molar-refractivity contribution in [2.75, 3.05) is 5.73 Å². The van der Waals surface area contributed by atoms with Crippen LogP contribution in [0, 0.1) is 0 Å². The first-order valence-electron chi connectivity index (χ1n) is 5.29. The van der Waals surface area contributed by atoms with E-state index in [1.807, 2.05) is 0 Å². The van der Waals surface area contributed by atoms with Crippen LogP contribution in [0.25, 0.3) is 11.2 Å². The van der Waals surface area contributed by atoms with Crippen LogP contribution in [-0.4, -0.2) is 30.8 Å². The van der Waals surface area contributed by atoms with Crippen LogP contribution in [0.2, 0.25) is 0 Å². The molecule has 3 aromatic rings. The number of nitrogens with two attached hydrogens (primary N) is 2. The summed E-state index contributed by atoms with van der Waals surface area (Å²) in [5.41, 5.74) is 12.0. The molecule has 0 saturated heterocycles. The van der Waals surface area contributed by atoms with Crippen LogP contribution in [0.4, 0.5) is 5.82 Å². The zero-order valence-corrected chi connectivity index (χ0v) is 12.8. The summed E-state index contributed by atoms with van der Waals surface area (Å²) in [6.07, 6.45) is 4.45. The monoisotopic (exact) mass is 281 g/mol. The first-order chi connectivity index (χ1) is 9.18. The Labute approximate surface area is 137 Å². The second kappa shape index (κ2) is 7.53. The molecule has 0 aromatic carbocycles. The summed E-state index contributed by atoms with van der Waals surface area (Å²) in [7, 11) is 0. The van der Waals surface area contributed by atoms with Gasteiger partial charge in [-0.25, -0.2) is 15.0 Å². The first-order valence-corrected chi connectivity index (χ1v) is 5.29. The van der Waals surface area contributed by atoms with Crippen molar-refractivity contribution in [2.24, 2.45) is 5.73 Å². The van der Waals surface area contributed by atoms with Crippen molar-refractivity contribution in [2.45, 2.75) is 0 Å². The molecule has 3 aromatic heterocycles. The molecule has 0 aliphatic carbocycles. The van der Waals surface area contributed by atoms with Crippen molar-refractivity contribution >= 4 is 22.9 Å². The molecular weight excluding hydrogens is 269 g/mol. The third kappa shape index (κ3) is 3.98. The number of amides is 1. The Morgan fingerprint density at radius 2 is 2.00 bits per heavy atom. The minimum atomic E-state index is -0.490. The number of aromatic nitrogens is 5. The van der Waals surface area contributed by atoms with Crippen molar-refractivity contribution in [1.29, 1.82) is 0 Å². The fourth-order valence-electron chi connectivity index (χ4n) is 1.29. The van der Waals surface area contributed by atoms with Gasteiger partial charge in [0.1, 0.15) is 17.5 Å². The summed E-state index contributed by atoms with van der Waals surface area (Å²) in [4.78, 5) is 28.4. The number of rotatable bonds is 1. The van der Waals surface area contributed by atoms with Gasteiger partial charge in [-0.2, -0.15) is 0 Å². The van der Waals surface area contributed by atoms with Crippen molar-refractivity contribution < 1.29 is 35.8 Å². The number of primary amides is 1. The van der Waals surface area contributed by atoms with Crippen LogP contribution in [0.5, 0.6) is 0 Å². The van der Waals surface area contributed by atoms with E-state index in [1.165, 1.54) is 18.9 Å². The molecule has 5 N–H and O–H groups in total. The van der Waals surface area contributed by atoms with Crippen LogP contribution in [-0.2, 0) is 0 Å². The van der Waals surface area contributed by atoms with Gasteiger partial charge >= 0.3 is 29.6 Å². The Balaban J connectivity index is 0.000000350. The van der Waals surface area contributed by atoms with Crippen LogP contribution < -0.4 is 41.0 Å². The topological polar surface area (TPSA) is 136 Å². The van der Waals surface area contributed by atoms with Crippen LogP contribution in [0.3, 0.4) is 0 Å². The molecule has 20 heavy (non-hydrogen) atoms. The number of hydrogen-bond donors (Lipinski definition) is 3. The number of carbonyl (C=O) groups is 1. The van der Waals surface area contributed by atoms with E-state index in [4.69, 9.17) is 11.5 Å². The van der Waals surface area contributed by atoms with Crippen LogP contribution >= 0.6 is 0 Å². The Kier molecular flexibility index (Phi) is 6.04. The maximum absolute atomic E-state index is 10.4. The average Bonchev–Trinajstić information content (AvgIpc) is 2.90. The predicted octanol–water partition coefficient (Wildman–Crippen LogP) is -2.77. The molecular formula is C11H12N7NaO. The summed E-state index contributed by atoms with van der Waals surface area (Å²) in [6.45, 7) is 0. The number of aromatic amines is 1. The average molecular weight is 281 g/mol. The van der Waals surface area contributed by atoms with E-state index >= 15 is 0 Å². The Hall–Kier alpha value is -2.03. The van der Waals surface area contributed by atoms with Gasteiger partial charge in [-0.3, -0.25) is 9.78 Å². The molecule has 3 heterocycles. The van der Waals surface area contributed by atoms with Crippen molar-refractivity contribution in [1.82, 2.24) is 24.9 Å². The van der Waals surface area contributed by atoms with Crippen molar-refractivity contribution in [3.63, 3.8) is 0 Å². The maximum atomic E-state index is 10.4. The molecule has 0 spiro atoms. The standard InChI is InChI=1S/C6H6N2O.C5H5N5.Na.H/c7-6(9)5-3-1-2-4-8-5;6-4-3-5(9-1-7-3)10-2-8-4;;/h1-4H,(H2,7,9);1-2H,(H3,6,7,8,9,10);;/q;;+1;-1. The summed E-state index contributed by atoms with van der Waals surface area (Å²) in [5, 5.41) is 0. The van der Waals surface area contributed by atoms with Gasteiger partial charge < -0.3 is 17.9 Å². The molecule has 1 amide bonds. The van der Waals surface area contributed by atoms with Crippen molar-refractivity contribution in [3.8, 4) is 0 Å². The van der Waals surface area contributed by atoms with Gasteiger partial charge in [-0.15, -0.1) is 0 Å². The van der Waals surface area contributed by atoms with Gasteiger partial charge in [-0.05, 0) is 12.1 Å². The summed E-state index contributed by atoms with van der Waals surface area (Å²) in [6, 6.07) is 5.02. The van der Waals surface area contributed by atoms with E-state index in [1.54, 1.807) is 18.2 Å². The first kappa shape index (κ1) is 16.0. The molecule has 0 radical (unpaired) electrons. The predicted molar refractivity (Wildman–Crippen MR) is 70.0 cm³/mol. The molecule has 0 aliphatic rings. The number of hydrogen-bond acceptors (Lipinski definition) is 6. The van der Waals surface area contributed by atoms with E-state index in [-0.39, 0.29) is 31.0 Å². The number of nitrogens with zero attached hydrogens (tertiary/aromatic N) is 4. The molecule has 98 valence electrons. The summed E-state index contributed by atoms with van der Waals surface area (Å²) in [5.74, 6) is -0.0573. The van der Waals surface area contributed by atoms with Gasteiger partial charge in [0.25, 0.3) is 5.91 Å². The number of fused-ring (bicyclic) bond motifs is 1. The Morgan fingerprint density at radius 1 is 1.20 bits per heavy atom. The molecule has 0 bridgehead atoms. The molecule has 0 unspecified atom stereocenters. The minimum Gasteiger partial charge on any atom is -1.00 e. The number of anilines is 1. The van der Waals surface area contributed by atoms with E-state index < -0.39 is 5.91 Å². The Bertz CT molecular complexity index is 691. The molecule has 0 aliphatic heterocycles. The van der Waals surface area contributed by atoms with Gasteiger partial charge in [-0.1, -0.05) is 6.07 Å². The minimum absolute atomic E-state index is 0. The third-order valence-corrected chi connectivity index (χ3v) is 2.17. The number of pyridine rings is 1. The summed E-state index contributed by atoms with van der Waals surface area (Å²) >= 11 is 0. The normalized spacial score (nSPS) is 9.20. The van der Waals surface area contributed by atoms with Crippen molar-refractivity contribution in [3.05, 3.63) is 42.7 Å². The number of nitrogen functional groups attached to an aromatic ring is 1. The second-order valence-electron chi connectivity index (χ2n) is 3.44. The smallest absolute Gasteiger partial charge is 1.00 e.